The van der Waals surface area contributed by atoms with Gasteiger partial charge in [-0.2, -0.15) is 0 Å². The predicted octanol–water partition coefficient (Wildman–Crippen LogP) is 2.03. The van der Waals surface area contributed by atoms with Gasteiger partial charge in [0.05, 0.1) is 11.1 Å². The summed E-state index contributed by atoms with van der Waals surface area (Å²) in [7, 11) is 0. The number of H-pyrrole nitrogens is 1. The zero-order chi connectivity index (χ0) is 18.7. The van der Waals surface area contributed by atoms with Crippen LogP contribution in [0.1, 0.15) is 20.7 Å². The molecule has 0 spiro atoms. The number of rotatable bonds is 4. The van der Waals surface area contributed by atoms with Gasteiger partial charge in [0.2, 0.25) is 0 Å². The van der Waals surface area contributed by atoms with E-state index in [4.69, 9.17) is 0 Å². The van der Waals surface area contributed by atoms with Gasteiger partial charge in [0.1, 0.15) is 5.69 Å². The first-order valence-corrected chi connectivity index (χ1v) is 7.43. The quantitative estimate of drug-likeness (QED) is 0.548. The van der Waals surface area contributed by atoms with Crippen molar-refractivity contribution in [2.75, 3.05) is 5.32 Å². The van der Waals surface area contributed by atoms with Crippen LogP contribution in [-0.2, 0) is 0 Å². The molecule has 2 aromatic carbocycles. The van der Waals surface area contributed by atoms with Crippen molar-refractivity contribution in [3.63, 3.8) is 0 Å². The topological polar surface area (TPSA) is 127 Å². The number of anilines is 1. The van der Waals surface area contributed by atoms with E-state index in [0.29, 0.717) is 5.56 Å². The number of carbonyl (C=O) groups excluding carboxylic acids is 2. The Morgan fingerprint density at radius 2 is 1.65 bits per heavy atom. The fraction of sp³-hybridized carbons (Fsp3) is 0. The number of non-ortho nitro benzene ring substituents is 1. The predicted molar refractivity (Wildman–Crippen MR) is 92.3 cm³/mol. The Morgan fingerprint density at radius 3 is 2.27 bits per heavy atom. The number of hydrogen-bond acceptors (Lipinski definition) is 5. The summed E-state index contributed by atoms with van der Waals surface area (Å²) in [5, 5.41) is 15.4. The number of nitrogens with one attached hydrogen (secondary N) is 2. The highest BCUT2D eigenvalue weighted by Gasteiger charge is 2.15. The summed E-state index contributed by atoms with van der Waals surface area (Å²) in [6.07, 6.45) is 1.16. The van der Waals surface area contributed by atoms with Crippen LogP contribution in [0.5, 0.6) is 0 Å². The van der Waals surface area contributed by atoms with Crippen molar-refractivity contribution in [2.45, 2.75) is 0 Å². The number of nitro groups is 1. The average Bonchev–Trinajstić information content (AvgIpc) is 3.02. The molecule has 0 unspecified atom stereocenters. The summed E-state index contributed by atoms with van der Waals surface area (Å²) in [6.45, 7) is 0. The van der Waals surface area contributed by atoms with Crippen molar-refractivity contribution in [3.8, 4) is 0 Å². The summed E-state index contributed by atoms with van der Waals surface area (Å²) in [5.74, 6) is -1.09. The van der Waals surface area contributed by atoms with E-state index in [9.17, 15) is 24.5 Å². The summed E-state index contributed by atoms with van der Waals surface area (Å²) >= 11 is 0. The van der Waals surface area contributed by atoms with Gasteiger partial charge in [-0.25, -0.2) is 4.68 Å². The summed E-state index contributed by atoms with van der Waals surface area (Å²) in [5.41, 5.74) is -0.388. The minimum atomic E-state index is -0.649. The molecule has 9 heteroatoms. The third kappa shape index (κ3) is 3.41. The molecule has 26 heavy (non-hydrogen) atoms. The monoisotopic (exact) mass is 352 g/mol. The van der Waals surface area contributed by atoms with Gasteiger partial charge >= 0.3 is 0 Å². The Bertz CT molecular complexity index is 1040. The van der Waals surface area contributed by atoms with Crippen molar-refractivity contribution in [1.29, 1.82) is 0 Å². The minimum absolute atomic E-state index is 0.0888. The lowest BCUT2D eigenvalue weighted by Crippen LogP contribution is -2.17. The van der Waals surface area contributed by atoms with Crippen LogP contribution in [0.3, 0.4) is 0 Å². The molecule has 0 saturated carbocycles. The SMILES string of the molecule is O=C(Nc1cn(C(=O)c2ccc([N+](=O)[O-])cc2)[nH]c1=O)c1ccccc1. The Balaban J connectivity index is 1.81. The van der Waals surface area contributed by atoms with Crippen molar-refractivity contribution in [2.24, 2.45) is 0 Å². The van der Waals surface area contributed by atoms with E-state index in [1.165, 1.54) is 24.3 Å². The molecule has 1 aromatic heterocycles. The van der Waals surface area contributed by atoms with Gasteiger partial charge in [0.15, 0.2) is 0 Å². The third-order valence-electron chi connectivity index (χ3n) is 3.55. The van der Waals surface area contributed by atoms with Crippen LogP contribution in [0, 0.1) is 10.1 Å². The van der Waals surface area contributed by atoms with E-state index in [-0.39, 0.29) is 16.9 Å². The van der Waals surface area contributed by atoms with E-state index in [1.54, 1.807) is 30.3 Å². The van der Waals surface area contributed by atoms with Crippen LogP contribution in [-0.4, -0.2) is 26.5 Å². The van der Waals surface area contributed by atoms with Crippen molar-refractivity contribution < 1.29 is 14.5 Å². The molecular formula is C17H12N4O5. The average molecular weight is 352 g/mol. The van der Waals surface area contributed by atoms with E-state index < -0.39 is 22.3 Å². The zero-order valence-corrected chi connectivity index (χ0v) is 13.2. The molecule has 0 saturated heterocycles. The van der Waals surface area contributed by atoms with E-state index in [2.05, 4.69) is 10.4 Å². The molecule has 9 nitrogen and oxygen atoms in total. The standard InChI is InChI=1S/C17H12N4O5/c22-15(11-4-2-1-3-5-11)18-14-10-20(19-16(14)23)17(24)12-6-8-13(9-7-12)21(25)26/h1-10H,(H,18,22)(H,19,23). The molecule has 0 aliphatic carbocycles. The fourth-order valence-electron chi connectivity index (χ4n) is 2.24. The highest BCUT2D eigenvalue weighted by atomic mass is 16.6. The lowest BCUT2D eigenvalue weighted by atomic mass is 10.2. The molecule has 0 atom stereocenters. The minimum Gasteiger partial charge on any atom is -0.316 e. The Morgan fingerprint density at radius 1 is 1.00 bits per heavy atom. The molecule has 1 heterocycles. The lowest BCUT2D eigenvalue weighted by Gasteiger charge is -2.02. The Labute approximate surface area is 146 Å². The van der Waals surface area contributed by atoms with Crippen LogP contribution < -0.4 is 10.9 Å². The molecule has 3 rings (SSSR count). The number of nitrogens with zero attached hydrogens (tertiary/aromatic N) is 2. The van der Waals surface area contributed by atoms with Gasteiger partial charge in [-0.1, -0.05) is 18.2 Å². The van der Waals surface area contributed by atoms with Crippen LogP contribution in [0.4, 0.5) is 11.4 Å². The molecule has 3 aromatic rings. The maximum atomic E-state index is 12.4. The maximum Gasteiger partial charge on any atom is 0.288 e. The van der Waals surface area contributed by atoms with Gasteiger partial charge in [-0.3, -0.25) is 29.6 Å². The van der Waals surface area contributed by atoms with Gasteiger partial charge in [-0.05, 0) is 24.3 Å². The third-order valence-corrected chi connectivity index (χ3v) is 3.55. The summed E-state index contributed by atoms with van der Waals surface area (Å²) in [6, 6.07) is 13.2. The molecular weight excluding hydrogens is 340 g/mol. The number of amides is 1. The number of aromatic nitrogens is 2. The number of nitro benzene ring substituents is 1. The molecule has 2 N–H and O–H groups in total. The number of aromatic amines is 1. The van der Waals surface area contributed by atoms with Gasteiger partial charge in [0, 0.05) is 23.3 Å². The van der Waals surface area contributed by atoms with Crippen molar-refractivity contribution in [3.05, 3.63) is 92.4 Å². The molecule has 0 aliphatic heterocycles. The first kappa shape index (κ1) is 16.8. The van der Waals surface area contributed by atoms with Gasteiger partial charge in [-0.15, -0.1) is 0 Å². The molecule has 0 aliphatic rings. The molecule has 0 bridgehead atoms. The highest BCUT2D eigenvalue weighted by Crippen LogP contribution is 2.13. The molecule has 0 radical (unpaired) electrons. The highest BCUT2D eigenvalue weighted by molar-refractivity contribution is 6.04. The lowest BCUT2D eigenvalue weighted by molar-refractivity contribution is -0.384. The second-order valence-corrected chi connectivity index (χ2v) is 5.28. The number of benzene rings is 2. The van der Waals surface area contributed by atoms with E-state index >= 15 is 0 Å². The van der Waals surface area contributed by atoms with Crippen LogP contribution >= 0.6 is 0 Å². The Kier molecular flexibility index (Phi) is 4.44. The number of carbonyl (C=O) groups is 2. The van der Waals surface area contributed by atoms with Crippen LogP contribution in [0.2, 0.25) is 0 Å². The van der Waals surface area contributed by atoms with E-state index in [0.717, 1.165) is 10.9 Å². The second-order valence-electron chi connectivity index (χ2n) is 5.28. The maximum absolute atomic E-state index is 12.4. The summed E-state index contributed by atoms with van der Waals surface area (Å²) in [4.78, 5) is 46.5. The normalized spacial score (nSPS) is 10.3. The second kappa shape index (κ2) is 6.85. The zero-order valence-electron chi connectivity index (χ0n) is 13.2. The smallest absolute Gasteiger partial charge is 0.288 e. The van der Waals surface area contributed by atoms with Crippen LogP contribution in [0.25, 0.3) is 0 Å². The van der Waals surface area contributed by atoms with Gasteiger partial charge < -0.3 is 5.32 Å². The first-order valence-electron chi connectivity index (χ1n) is 7.43. The van der Waals surface area contributed by atoms with Gasteiger partial charge in [0.25, 0.3) is 23.1 Å². The van der Waals surface area contributed by atoms with E-state index in [1.807, 2.05) is 0 Å². The van der Waals surface area contributed by atoms with Crippen LogP contribution in [0.15, 0.2) is 65.6 Å². The molecule has 130 valence electrons. The molecule has 0 fully saturated rings. The van der Waals surface area contributed by atoms with Crippen molar-refractivity contribution >= 4 is 23.2 Å². The Hall–Kier alpha value is -4.01. The molecule has 1 amide bonds. The van der Waals surface area contributed by atoms with Crippen molar-refractivity contribution in [1.82, 2.24) is 9.78 Å². The fourth-order valence-corrected chi connectivity index (χ4v) is 2.24. The first-order chi connectivity index (χ1) is 12.5. The number of hydrogen-bond donors (Lipinski definition) is 2. The summed E-state index contributed by atoms with van der Waals surface area (Å²) < 4.78 is 0.907. The largest absolute Gasteiger partial charge is 0.316 e.